The number of hydrogen-bond acceptors (Lipinski definition) is 2. The number of nitrogens with two attached hydrogens (primary N) is 1. The molecule has 1 fully saturated rings. The van der Waals surface area contributed by atoms with Crippen molar-refractivity contribution < 1.29 is 17.9 Å². The second-order valence-corrected chi connectivity index (χ2v) is 3.94. The van der Waals surface area contributed by atoms with Crippen molar-refractivity contribution in [1.29, 1.82) is 0 Å². The van der Waals surface area contributed by atoms with Crippen LogP contribution in [0.2, 0.25) is 0 Å². The molecule has 0 aromatic heterocycles. The minimum Gasteiger partial charge on any atom is -0.406 e. The van der Waals surface area contributed by atoms with Crippen LogP contribution >= 0.6 is 12.4 Å². The summed E-state index contributed by atoms with van der Waals surface area (Å²) in [6.45, 7) is 0.217. The molecular formula is C11H13ClF3NO. The maximum absolute atomic E-state index is 12.1. The SMILES string of the molecule is Cl.NCc1cc(OC(F)(F)F)cc(C2CC2)c1. The predicted octanol–water partition coefficient (Wildman–Crippen LogP) is 3.34. The second kappa shape index (κ2) is 5.14. The van der Waals surface area contributed by atoms with E-state index in [1.54, 1.807) is 0 Å². The van der Waals surface area contributed by atoms with E-state index in [1.807, 2.05) is 6.07 Å². The van der Waals surface area contributed by atoms with E-state index in [-0.39, 0.29) is 24.7 Å². The van der Waals surface area contributed by atoms with Crippen molar-refractivity contribution in [3.63, 3.8) is 0 Å². The summed E-state index contributed by atoms with van der Waals surface area (Å²) in [6, 6.07) is 4.63. The smallest absolute Gasteiger partial charge is 0.406 e. The molecule has 0 radical (unpaired) electrons. The number of rotatable bonds is 3. The monoisotopic (exact) mass is 267 g/mol. The number of halogens is 4. The van der Waals surface area contributed by atoms with Crippen molar-refractivity contribution in [2.24, 2.45) is 5.73 Å². The Kier molecular flexibility index (Phi) is 4.27. The standard InChI is InChI=1S/C11H12F3NO.ClH/c12-11(13,14)16-10-4-7(6-15)3-9(5-10)8-1-2-8;/h3-5,8H,1-2,6,15H2;1H. The van der Waals surface area contributed by atoms with E-state index in [1.165, 1.54) is 12.1 Å². The van der Waals surface area contributed by atoms with E-state index < -0.39 is 6.36 Å². The first-order chi connectivity index (χ1) is 7.48. The summed E-state index contributed by atoms with van der Waals surface area (Å²) >= 11 is 0. The van der Waals surface area contributed by atoms with Crippen LogP contribution < -0.4 is 10.5 Å². The van der Waals surface area contributed by atoms with Gasteiger partial charge < -0.3 is 10.5 Å². The number of alkyl halides is 3. The van der Waals surface area contributed by atoms with Crippen molar-refractivity contribution in [3.05, 3.63) is 29.3 Å². The molecule has 1 aromatic carbocycles. The number of benzene rings is 1. The van der Waals surface area contributed by atoms with Crippen LogP contribution in [-0.4, -0.2) is 6.36 Å². The van der Waals surface area contributed by atoms with Gasteiger partial charge in [0.2, 0.25) is 0 Å². The minimum absolute atomic E-state index is 0. The van der Waals surface area contributed by atoms with E-state index in [9.17, 15) is 13.2 Å². The van der Waals surface area contributed by atoms with Gasteiger partial charge in [-0.2, -0.15) is 0 Å². The molecule has 0 saturated heterocycles. The van der Waals surface area contributed by atoms with Gasteiger partial charge in [-0.15, -0.1) is 25.6 Å². The first-order valence-electron chi connectivity index (χ1n) is 5.07. The van der Waals surface area contributed by atoms with Crippen LogP contribution in [0.1, 0.15) is 29.9 Å². The van der Waals surface area contributed by atoms with Crippen LogP contribution in [0.5, 0.6) is 5.75 Å². The molecule has 0 unspecified atom stereocenters. The van der Waals surface area contributed by atoms with Gasteiger partial charge in [-0.05, 0) is 42.0 Å². The average molecular weight is 268 g/mol. The zero-order valence-corrected chi connectivity index (χ0v) is 9.77. The summed E-state index contributed by atoms with van der Waals surface area (Å²) in [5, 5.41) is 0. The fourth-order valence-electron chi connectivity index (χ4n) is 1.65. The Morgan fingerprint density at radius 1 is 1.24 bits per heavy atom. The Hall–Kier alpha value is -0.940. The summed E-state index contributed by atoms with van der Waals surface area (Å²) in [5.74, 6) is 0.208. The van der Waals surface area contributed by atoms with Gasteiger partial charge in [0.15, 0.2) is 0 Å². The van der Waals surface area contributed by atoms with Gasteiger partial charge in [0.25, 0.3) is 0 Å². The van der Waals surface area contributed by atoms with Crippen molar-refractivity contribution in [2.75, 3.05) is 0 Å². The highest BCUT2D eigenvalue weighted by molar-refractivity contribution is 5.85. The molecule has 1 saturated carbocycles. The van der Waals surface area contributed by atoms with Gasteiger partial charge in [0.1, 0.15) is 5.75 Å². The molecule has 0 aliphatic heterocycles. The first kappa shape index (κ1) is 14.1. The molecule has 2 nitrogen and oxygen atoms in total. The molecule has 1 aliphatic carbocycles. The van der Waals surface area contributed by atoms with Gasteiger partial charge in [-0.1, -0.05) is 6.07 Å². The normalized spacial score (nSPS) is 15.3. The molecule has 0 atom stereocenters. The first-order valence-corrected chi connectivity index (χ1v) is 5.07. The summed E-state index contributed by atoms with van der Waals surface area (Å²) in [7, 11) is 0. The molecule has 17 heavy (non-hydrogen) atoms. The van der Waals surface area contributed by atoms with Gasteiger partial charge in [0, 0.05) is 6.54 Å². The lowest BCUT2D eigenvalue weighted by atomic mass is 10.1. The Labute approximate surface area is 103 Å². The maximum atomic E-state index is 12.1. The molecule has 2 N–H and O–H groups in total. The van der Waals surface area contributed by atoms with E-state index in [4.69, 9.17) is 5.73 Å². The third-order valence-electron chi connectivity index (χ3n) is 2.51. The van der Waals surface area contributed by atoms with Crippen LogP contribution in [0.3, 0.4) is 0 Å². The molecule has 0 heterocycles. The van der Waals surface area contributed by atoms with Crippen LogP contribution in [0.15, 0.2) is 18.2 Å². The van der Waals surface area contributed by atoms with Crippen LogP contribution in [0.25, 0.3) is 0 Å². The van der Waals surface area contributed by atoms with Gasteiger partial charge in [0.05, 0.1) is 0 Å². The van der Waals surface area contributed by atoms with E-state index >= 15 is 0 Å². The lowest BCUT2D eigenvalue weighted by Crippen LogP contribution is -2.17. The summed E-state index contributed by atoms with van der Waals surface area (Å²) in [6.07, 6.45) is -2.59. The second-order valence-electron chi connectivity index (χ2n) is 3.94. The summed E-state index contributed by atoms with van der Waals surface area (Å²) < 4.78 is 40.1. The van der Waals surface area contributed by atoms with Crippen LogP contribution in [0, 0.1) is 0 Å². The summed E-state index contributed by atoms with van der Waals surface area (Å²) in [5.41, 5.74) is 7.00. The zero-order valence-electron chi connectivity index (χ0n) is 8.96. The van der Waals surface area contributed by atoms with Gasteiger partial charge >= 0.3 is 6.36 Å². The number of ether oxygens (including phenoxy) is 1. The molecular weight excluding hydrogens is 255 g/mol. The Morgan fingerprint density at radius 2 is 1.88 bits per heavy atom. The third-order valence-corrected chi connectivity index (χ3v) is 2.51. The predicted molar refractivity (Wildman–Crippen MR) is 60.2 cm³/mol. The molecule has 2 rings (SSSR count). The quantitative estimate of drug-likeness (QED) is 0.912. The molecule has 0 spiro atoms. The highest BCUT2D eigenvalue weighted by Gasteiger charge is 2.32. The third kappa shape index (κ3) is 4.09. The van der Waals surface area contributed by atoms with Gasteiger partial charge in [-0.25, -0.2) is 0 Å². The van der Waals surface area contributed by atoms with E-state index in [0.29, 0.717) is 11.5 Å². The molecule has 96 valence electrons. The molecule has 1 aliphatic rings. The van der Waals surface area contributed by atoms with Gasteiger partial charge in [-0.3, -0.25) is 0 Å². The number of hydrogen-bond donors (Lipinski definition) is 1. The topological polar surface area (TPSA) is 35.2 Å². The fourth-order valence-corrected chi connectivity index (χ4v) is 1.65. The Balaban J connectivity index is 0.00000144. The van der Waals surface area contributed by atoms with Crippen molar-refractivity contribution >= 4 is 12.4 Å². The van der Waals surface area contributed by atoms with Crippen LogP contribution in [-0.2, 0) is 6.54 Å². The fraction of sp³-hybridized carbons (Fsp3) is 0.455. The van der Waals surface area contributed by atoms with Crippen molar-refractivity contribution in [3.8, 4) is 5.75 Å². The molecule has 6 heteroatoms. The van der Waals surface area contributed by atoms with E-state index in [0.717, 1.165) is 18.4 Å². The highest BCUT2D eigenvalue weighted by atomic mass is 35.5. The largest absolute Gasteiger partial charge is 0.573 e. The Morgan fingerprint density at radius 3 is 2.35 bits per heavy atom. The molecule has 0 bridgehead atoms. The lowest BCUT2D eigenvalue weighted by molar-refractivity contribution is -0.274. The minimum atomic E-state index is -4.64. The Bertz CT molecular complexity index is 391. The molecule has 0 amide bonds. The van der Waals surface area contributed by atoms with Crippen LogP contribution in [0.4, 0.5) is 13.2 Å². The highest BCUT2D eigenvalue weighted by Crippen LogP contribution is 2.42. The lowest BCUT2D eigenvalue weighted by Gasteiger charge is -2.11. The average Bonchev–Trinajstić information content (AvgIpc) is 2.97. The maximum Gasteiger partial charge on any atom is 0.573 e. The van der Waals surface area contributed by atoms with Crippen molar-refractivity contribution in [2.45, 2.75) is 31.7 Å². The summed E-state index contributed by atoms with van der Waals surface area (Å²) in [4.78, 5) is 0. The zero-order chi connectivity index (χ0) is 11.8. The van der Waals surface area contributed by atoms with E-state index in [2.05, 4.69) is 4.74 Å². The molecule has 1 aromatic rings. The van der Waals surface area contributed by atoms with Crippen molar-refractivity contribution in [1.82, 2.24) is 0 Å².